The van der Waals surface area contributed by atoms with Crippen LogP contribution < -0.4 is 21.7 Å². The molecule has 1 amide bonds. The van der Waals surface area contributed by atoms with Crippen LogP contribution in [0.4, 0.5) is 0 Å². The Bertz CT molecular complexity index is 1180. The van der Waals surface area contributed by atoms with Gasteiger partial charge < -0.3 is 35.9 Å². The van der Waals surface area contributed by atoms with Gasteiger partial charge in [-0.2, -0.15) is 11.8 Å². The molecule has 1 aromatic heterocycles. The maximum absolute atomic E-state index is 11.7. The molecule has 0 saturated carbocycles. The highest BCUT2D eigenvalue weighted by atomic mass is 32.2. The summed E-state index contributed by atoms with van der Waals surface area (Å²) in [5.41, 5.74) is 5.74. The van der Waals surface area contributed by atoms with Crippen LogP contribution in [0.2, 0.25) is 0 Å². The molecule has 0 spiro atoms. The van der Waals surface area contributed by atoms with Crippen molar-refractivity contribution >= 4 is 41.5 Å². The first-order valence-corrected chi connectivity index (χ1v) is 15.1. The highest BCUT2D eigenvalue weighted by Gasteiger charge is 2.24. The minimum absolute atomic E-state index is 0.111. The summed E-state index contributed by atoms with van der Waals surface area (Å²) in [5.74, 6) is 2.07. The van der Waals surface area contributed by atoms with E-state index in [0.29, 0.717) is 30.2 Å². The number of benzene rings is 1. The van der Waals surface area contributed by atoms with Gasteiger partial charge in [-0.15, -0.1) is 4.40 Å². The number of thioether (sulfide) groups is 1. The van der Waals surface area contributed by atoms with Crippen LogP contribution in [0.3, 0.4) is 0 Å². The number of hydrogen-bond acceptors (Lipinski definition) is 8. The Hall–Kier alpha value is -2.39. The van der Waals surface area contributed by atoms with Gasteiger partial charge in [0.25, 0.3) is 10.0 Å². The average Bonchev–Trinajstić information content (AvgIpc) is 3.22. The number of nitrogens with zero attached hydrogens (tertiary/aromatic N) is 1. The summed E-state index contributed by atoms with van der Waals surface area (Å²) in [7, 11) is -6.87. The average molecular weight is 564 g/mol. The lowest BCUT2D eigenvalue weighted by molar-refractivity contribution is 0.0999. The van der Waals surface area contributed by atoms with Gasteiger partial charge in [0, 0.05) is 24.4 Å². The van der Waals surface area contributed by atoms with E-state index in [4.69, 9.17) is 14.7 Å². The molecule has 200 valence electrons. The topological polar surface area (TPSA) is 206 Å². The monoisotopic (exact) mass is 563 g/mol. The molecule has 0 fully saturated rings. The van der Waals surface area contributed by atoms with E-state index in [9.17, 15) is 27.6 Å². The third-order valence-corrected chi connectivity index (χ3v) is 6.42. The zero-order chi connectivity index (χ0) is 26.8. The lowest BCUT2D eigenvalue weighted by atomic mass is 10.1. The predicted octanol–water partition coefficient (Wildman–Crippen LogP) is 0.677. The number of nitrogens with one attached hydrogen (secondary N) is 3. The second-order valence-corrected chi connectivity index (χ2v) is 11.4. The number of primary amides is 1. The number of carbonyl (C=O) groups is 1. The second-order valence-electron chi connectivity index (χ2n) is 7.50. The number of furan rings is 1. The summed E-state index contributed by atoms with van der Waals surface area (Å²) in [5, 5.41) is 8.60. The molecule has 13 nitrogen and oxygen atoms in total. The molecule has 0 bridgehead atoms. The van der Waals surface area contributed by atoms with Gasteiger partial charge in [-0.1, -0.05) is 12.1 Å². The van der Waals surface area contributed by atoms with Crippen LogP contribution in [0.15, 0.2) is 45.2 Å². The van der Waals surface area contributed by atoms with E-state index in [1.54, 1.807) is 11.8 Å². The molecular formula is C20H30N5O8PS2. The number of phosphoric ester groups is 1. The van der Waals surface area contributed by atoms with Gasteiger partial charge in [0.2, 0.25) is 11.9 Å². The molecule has 16 heteroatoms. The summed E-state index contributed by atoms with van der Waals surface area (Å²) in [6.07, 6.45) is -0.281. The molecule has 36 heavy (non-hydrogen) atoms. The van der Waals surface area contributed by atoms with Gasteiger partial charge in [-0.05, 0) is 36.9 Å². The van der Waals surface area contributed by atoms with Crippen LogP contribution in [-0.4, -0.2) is 62.2 Å². The van der Waals surface area contributed by atoms with Crippen LogP contribution in [0, 0.1) is 0 Å². The zero-order valence-corrected chi connectivity index (χ0v) is 22.2. The lowest BCUT2D eigenvalue weighted by Crippen LogP contribution is -2.41. The van der Waals surface area contributed by atoms with Crippen LogP contribution in [0.25, 0.3) is 0 Å². The van der Waals surface area contributed by atoms with Crippen LogP contribution in [0.1, 0.15) is 33.5 Å². The highest BCUT2D eigenvalue weighted by Crippen LogP contribution is 2.42. The Morgan fingerprint density at radius 1 is 1.19 bits per heavy atom. The Balaban J connectivity index is 1.99. The van der Waals surface area contributed by atoms with Crippen molar-refractivity contribution in [1.82, 2.24) is 16.0 Å². The van der Waals surface area contributed by atoms with Crippen molar-refractivity contribution in [3.05, 3.63) is 59.0 Å². The summed E-state index contributed by atoms with van der Waals surface area (Å²) in [4.78, 5) is 29.9. The Morgan fingerprint density at radius 2 is 1.86 bits per heavy atom. The number of hydrogen-bond donors (Lipinski definition) is 6. The zero-order valence-electron chi connectivity index (χ0n) is 19.7. The van der Waals surface area contributed by atoms with E-state index in [1.807, 2.05) is 19.2 Å². The van der Waals surface area contributed by atoms with Crippen molar-refractivity contribution in [3.63, 3.8) is 0 Å². The van der Waals surface area contributed by atoms with Crippen LogP contribution in [-0.2, 0) is 31.4 Å². The minimum Gasteiger partial charge on any atom is -0.464 e. The third kappa shape index (κ3) is 11.6. The summed E-state index contributed by atoms with van der Waals surface area (Å²) < 4.78 is 49.1. The maximum Gasteiger partial charge on any atom is 0.470 e. The van der Waals surface area contributed by atoms with Crippen molar-refractivity contribution in [1.29, 1.82) is 0 Å². The fourth-order valence-electron chi connectivity index (χ4n) is 2.91. The molecule has 0 aliphatic carbocycles. The quantitative estimate of drug-likeness (QED) is 0.0812. The van der Waals surface area contributed by atoms with E-state index in [-0.39, 0.29) is 18.1 Å². The van der Waals surface area contributed by atoms with Gasteiger partial charge in [-0.3, -0.25) is 9.32 Å². The molecule has 1 heterocycles. The number of phosphoric acid groups is 1. The fourth-order valence-corrected chi connectivity index (χ4v) is 4.65. The minimum atomic E-state index is -4.91. The van der Waals surface area contributed by atoms with E-state index < -0.39 is 29.9 Å². The number of nitrogens with two attached hydrogens (primary N) is 1. The summed E-state index contributed by atoms with van der Waals surface area (Å²) >= 11 is 1.56. The van der Waals surface area contributed by atoms with Crippen molar-refractivity contribution in [3.8, 4) is 0 Å². The van der Waals surface area contributed by atoms with Gasteiger partial charge in [0.1, 0.15) is 17.6 Å². The molecule has 1 aromatic carbocycles. The van der Waals surface area contributed by atoms with Crippen molar-refractivity contribution in [2.24, 2.45) is 10.1 Å². The standard InChI is InChI=1S/C20H30N5O8PS2/c1-22-11-16-7-8-17(32-16)13-35-10-9-23-20(25-36(2,30)31)24-12-18(33-34(27,28)29)14-3-5-15(6-4-14)19(21)26/h3-8,18,22H,9-13H2,1-2H3,(H2,21,26)(H2,23,24,25)(H2,27,28,29). The smallest absolute Gasteiger partial charge is 0.464 e. The first-order valence-electron chi connectivity index (χ1n) is 10.6. The van der Waals surface area contributed by atoms with Crippen molar-refractivity contribution < 1.29 is 36.5 Å². The molecule has 2 aromatic rings. The fraction of sp³-hybridized carbons (Fsp3) is 0.400. The molecule has 7 N–H and O–H groups in total. The van der Waals surface area contributed by atoms with Crippen LogP contribution >= 0.6 is 19.6 Å². The molecule has 2 rings (SSSR count). The Morgan fingerprint density at radius 3 is 2.44 bits per heavy atom. The Labute approximate surface area is 213 Å². The number of rotatable bonds is 14. The highest BCUT2D eigenvalue weighted by molar-refractivity contribution is 7.98. The molecule has 0 aliphatic heterocycles. The van der Waals surface area contributed by atoms with Gasteiger partial charge in [0.05, 0.1) is 18.6 Å². The van der Waals surface area contributed by atoms with E-state index in [2.05, 4.69) is 20.3 Å². The van der Waals surface area contributed by atoms with E-state index in [1.165, 1.54) is 24.3 Å². The second kappa shape index (κ2) is 13.8. The van der Waals surface area contributed by atoms with Gasteiger partial charge in [0.15, 0.2) is 0 Å². The Kier molecular flexibility index (Phi) is 11.4. The summed E-state index contributed by atoms with van der Waals surface area (Å²) in [6.45, 7) is 0.731. The van der Waals surface area contributed by atoms with E-state index >= 15 is 0 Å². The molecular weight excluding hydrogens is 533 g/mol. The van der Waals surface area contributed by atoms with Crippen LogP contribution in [0.5, 0.6) is 0 Å². The first kappa shape index (κ1) is 29.8. The largest absolute Gasteiger partial charge is 0.470 e. The van der Waals surface area contributed by atoms with Gasteiger partial charge >= 0.3 is 7.82 Å². The normalized spacial score (nSPS) is 13.4. The van der Waals surface area contributed by atoms with Crippen molar-refractivity contribution in [2.45, 2.75) is 18.4 Å². The number of guanidine groups is 1. The maximum atomic E-state index is 11.7. The number of sulfonamides is 1. The van der Waals surface area contributed by atoms with Gasteiger partial charge in [-0.25, -0.2) is 13.0 Å². The van der Waals surface area contributed by atoms with E-state index in [0.717, 1.165) is 17.8 Å². The number of amides is 1. The first-order chi connectivity index (χ1) is 16.9. The predicted molar refractivity (Wildman–Crippen MR) is 137 cm³/mol. The SMILES string of the molecule is CNCc1ccc(CSCCNC(=NS(C)(=O)=O)NCC(OP(=O)(O)O)c2ccc(C(N)=O)cc2)o1. The van der Waals surface area contributed by atoms with Crippen molar-refractivity contribution in [2.75, 3.05) is 32.1 Å². The molecule has 1 atom stereocenters. The molecule has 0 saturated heterocycles. The molecule has 0 radical (unpaired) electrons. The molecule has 0 aliphatic rings. The lowest BCUT2D eigenvalue weighted by Gasteiger charge is -2.21. The molecule has 1 unspecified atom stereocenters. The third-order valence-electron chi connectivity index (χ3n) is 4.40. The summed E-state index contributed by atoms with van der Waals surface area (Å²) in [6, 6.07) is 9.41. The number of carbonyl (C=O) groups excluding carboxylic acids is 1.